The van der Waals surface area contributed by atoms with Crippen LogP contribution in [0.2, 0.25) is 0 Å². The van der Waals surface area contributed by atoms with Crippen LogP contribution in [0.3, 0.4) is 0 Å². The third-order valence-electron chi connectivity index (χ3n) is 6.15. The van der Waals surface area contributed by atoms with Gasteiger partial charge in [0.05, 0.1) is 0 Å². The number of hydrogen-bond donors (Lipinski definition) is 3. The summed E-state index contributed by atoms with van der Waals surface area (Å²) in [5, 5.41) is 9.56. The van der Waals surface area contributed by atoms with Gasteiger partial charge in [-0.3, -0.25) is 0 Å². The highest BCUT2D eigenvalue weighted by atomic mass is 19.1. The highest BCUT2D eigenvalue weighted by Gasteiger charge is 2.28. The summed E-state index contributed by atoms with van der Waals surface area (Å²) in [5.74, 6) is -0.265. The number of nitrogens with two attached hydrogens (primary N) is 2. The number of aryl methyl sites for hydroxylation is 1. The smallest absolute Gasteiger partial charge is 0.385 e. The van der Waals surface area contributed by atoms with Crippen LogP contribution in [0.25, 0.3) is 11.1 Å². The summed E-state index contributed by atoms with van der Waals surface area (Å²) in [4.78, 5) is 28.3. The molecule has 1 aliphatic rings. The van der Waals surface area contributed by atoms with Crippen LogP contribution in [0, 0.1) is 18.2 Å². The Hall–Kier alpha value is -4.50. The van der Waals surface area contributed by atoms with Crippen molar-refractivity contribution in [1.82, 2.24) is 9.80 Å². The first-order valence-corrected chi connectivity index (χ1v) is 11.9. The number of amides is 3. The number of nitrogens with one attached hydrogen (secondary N) is 1. The topological polar surface area (TPSA) is 116 Å². The van der Waals surface area contributed by atoms with Crippen LogP contribution in [-0.4, -0.2) is 54.1 Å². The molecule has 0 atom stereocenters. The molecule has 3 aromatic carbocycles. The molecular formula is C28H29FN5O3+. The second-order valence-electron chi connectivity index (χ2n) is 8.72. The fraction of sp³-hybridized carbons (Fsp3) is 0.179. The standard InChI is InChI=1S/C28H28FN5O3/c1-19-2-10-23(11-3-19)32-27(35)26(25(18-30)33-14-16-34(17-15-33)28(31)36)37-24-12-6-21(7-13-24)20-4-8-22(29)9-5-20/h2-13,18,30H,14-17H2,1H3,(H2,31,36)(H,32,35)/p+1/b26-25-,30-18?. The first kappa shape index (κ1) is 25.6. The van der Waals surface area contributed by atoms with E-state index < -0.39 is 6.03 Å². The van der Waals surface area contributed by atoms with Crippen LogP contribution in [0.5, 0.6) is 5.75 Å². The van der Waals surface area contributed by atoms with Crippen LogP contribution in [0.15, 0.2) is 84.3 Å². The number of benzene rings is 3. The van der Waals surface area contributed by atoms with Gasteiger partial charge in [0.25, 0.3) is 5.76 Å². The summed E-state index contributed by atoms with van der Waals surface area (Å²) < 4.78 is 19.4. The fourth-order valence-corrected chi connectivity index (χ4v) is 4.05. The summed E-state index contributed by atoms with van der Waals surface area (Å²) >= 11 is 0. The van der Waals surface area contributed by atoms with Gasteiger partial charge < -0.3 is 25.7 Å². The second-order valence-corrected chi connectivity index (χ2v) is 8.72. The number of carbonyl (C=O) groups is 2. The molecule has 37 heavy (non-hydrogen) atoms. The first-order valence-electron chi connectivity index (χ1n) is 11.9. The maximum absolute atomic E-state index is 13.4. The van der Waals surface area contributed by atoms with E-state index in [2.05, 4.69) is 0 Å². The summed E-state index contributed by atoms with van der Waals surface area (Å²) in [6, 6.07) is 20.3. The molecule has 5 N–H and O–H groups in total. The van der Waals surface area contributed by atoms with Gasteiger partial charge in [0.2, 0.25) is 0 Å². The number of halogens is 1. The number of carbonyl (C=O) groups excluding carboxylic acids is 2. The van der Waals surface area contributed by atoms with Gasteiger partial charge in [-0.15, -0.1) is 0 Å². The van der Waals surface area contributed by atoms with Crippen LogP contribution < -0.4 is 15.8 Å². The summed E-state index contributed by atoms with van der Waals surface area (Å²) in [7, 11) is 0. The molecular weight excluding hydrogens is 473 g/mol. The van der Waals surface area contributed by atoms with Crippen molar-refractivity contribution >= 4 is 23.8 Å². The van der Waals surface area contributed by atoms with Crippen molar-refractivity contribution in [2.24, 2.45) is 5.73 Å². The molecule has 190 valence electrons. The Bertz CT molecular complexity index is 1300. The minimum atomic E-state index is -0.499. The van der Waals surface area contributed by atoms with Gasteiger partial charge in [-0.25, -0.2) is 19.3 Å². The molecule has 0 aromatic heterocycles. The minimum absolute atomic E-state index is 0.0117. The quantitative estimate of drug-likeness (QED) is 0.199. The normalized spacial score (nSPS) is 14.1. The number of nitrogens with zero attached hydrogens (tertiary/aromatic N) is 2. The number of piperazine rings is 1. The van der Waals surface area contributed by atoms with Gasteiger partial charge in [-0.2, -0.15) is 0 Å². The molecule has 1 fully saturated rings. The molecule has 0 bridgehead atoms. The fourth-order valence-electron chi connectivity index (χ4n) is 4.05. The van der Waals surface area contributed by atoms with Crippen molar-refractivity contribution in [3.8, 4) is 16.9 Å². The van der Waals surface area contributed by atoms with Crippen molar-refractivity contribution in [1.29, 1.82) is 5.41 Å². The third-order valence-corrected chi connectivity index (χ3v) is 6.15. The van der Waals surface area contributed by atoms with Gasteiger partial charge in [-0.05, 0) is 54.4 Å². The molecule has 1 heterocycles. The Morgan fingerprint density at radius 2 is 1.43 bits per heavy atom. The number of allylic oxidation sites excluding steroid dienone is 1. The molecule has 0 spiro atoms. The van der Waals surface area contributed by atoms with Crippen LogP contribution >= 0.6 is 0 Å². The van der Waals surface area contributed by atoms with E-state index in [1.165, 1.54) is 22.3 Å². The zero-order chi connectivity index (χ0) is 26.4. The van der Waals surface area contributed by atoms with E-state index in [0.29, 0.717) is 43.3 Å². The van der Waals surface area contributed by atoms with E-state index >= 15 is 0 Å². The maximum Gasteiger partial charge on any atom is 0.385 e. The van der Waals surface area contributed by atoms with E-state index in [9.17, 15) is 14.0 Å². The van der Waals surface area contributed by atoms with E-state index in [0.717, 1.165) is 22.9 Å². The predicted molar refractivity (Wildman–Crippen MR) is 139 cm³/mol. The molecule has 4 rings (SSSR count). The van der Waals surface area contributed by atoms with E-state index in [-0.39, 0.29) is 17.5 Å². The first-order chi connectivity index (χ1) is 17.8. The highest BCUT2D eigenvalue weighted by molar-refractivity contribution is 5.93. The Balaban J connectivity index is 1.62. The zero-order valence-corrected chi connectivity index (χ0v) is 20.5. The molecule has 1 saturated heterocycles. The Morgan fingerprint density at radius 3 is 1.97 bits per heavy atom. The lowest BCUT2D eigenvalue weighted by Crippen LogP contribution is -2.83. The minimum Gasteiger partial charge on any atom is -0.446 e. The SMILES string of the molecule is Cc1ccc([NH2+]C(=O)/C(Oc2ccc(-c3ccc(F)cc3)cc2)=C(\C=N)N2CCN(C(N)=O)CC2)cc1. The number of primary amides is 2. The van der Waals surface area contributed by atoms with Gasteiger partial charge >= 0.3 is 11.9 Å². The zero-order valence-electron chi connectivity index (χ0n) is 20.5. The van der Waals surface area contributed by atoms with Gasteiger partial charge in [0, 0.05) is 32.4 Å². The highest BCUT2D eigenvalue weighted by Crippen LogP contribution is 2.25. The van der Waals surface area contributed by atoms with Crippen molar-refractivity contribution in [2.75, 3.05) is 26.2 Å². The average molecular weight is 503 g/mol. The number of rotatable bonds is 7. The lowest BCUT2D eigenvalue weighted by atomic mass is 10.1. The van der Waals surface area contributed by atoms with Crippen LogP contribution in [0.1, 0.15) is 5.56 Å². The van der Waals surface area contributed by atoms with Crippen LogP contribution in [-0.2, 0) is 4.79 Å². The van der Waals surface area contributed by atoms with Crippen molar-refractivity contribution < 1.29 is 24.0 Å². The largest absolute Gasteiger partial charge is 0.446 e. The Labute approximate surface area is 214 Å². The van der Waals surface area contributed by atoms with E-state index in [1.54, 1.807) is 24.3 Å². The molecule has 1 aliphatic heterocycles. The van der Waals surface area contributed by atoms with E-state index in [1.807, 2.05) is 48.2 Å². The summed E-state index contributed by atoms with van der Waals surface area (Å²) in [6.07, 6.45) is 1.10. The van der Waals surface area contributed by atoms with Gasteiger partial charge in [0.15, 0.2) is 0 Å². The molecule has 8 nitrogen and oxygen atoms in total. The maximum atomic E-state index is 13.4. The van der Waals surface area contributed by atoms with Gasteiger partial charge in [-0.1, -0.05) is 42.0 Å². The molecule has 0 radical (unpaired) electrons. The molecule has 0 aliphatic carbocycles. The predicted octanol–water partition coefficient (Wildman–Crippen LogP) is 3.16. The monoisotopic (exact) mass is 502 g/mol. The number of ether oxygens (including phenoxy) is 1. The summed E-state index contributed by atoms with van der Waals surface area (Å²) in [5.41, 5.74) is 9.22. The molecule has 0 saturated carbocycles. The average Bonchev–Trinajstić information content (AvgIpc) is 2.91. The third kappa shape index (κ3) is 6.39. The molecule has 3 amide bonds. The number of quaternary nitrogens is 1. The van der Waals surface area contributed by atoms with Crippen molar-refractivity contribution in [3.05, 3.63) is 95.6 Å². The van der Waals surface area contributed by atoms with E-state index in [4.69, 9.17) is 15.9 Å². The lowest BCUT2D eigenvalue weighted by molar-refractivity contribution is -0.481. The molecule has 3 aromatic rings. The van der Waals surface area contributed by atoms with Crippen LogP contribution in [0.4, 0.5) is 14.9 Å². The number of hydrogen-bond acceptors (Lipinski definition) is 5. The lowest BCUT2D eigenvalue weighted by Gasteiger charge is -2.35. The Kier molecular flexibility index (Phi) is 7.95. The van der Waals surface area contributed by atoms with Crippen molar-refractivity contribution in [2.45, 2.75) is 6.92 Å². The Morgan fingerprint density at radius 1 is 0.892 bits per heavy atom. The van der Waals surface area contributed by atoms with Gasteiger partial charge in [0.1, 0.15) is 23.0 Å². The number of urea groups is 1. The van der Waals surface area contributed by atoms with Crippen molar-refractivity contribution in [3.63, 3.8) is 0 Å². The molecule has 9 heteroatoms. The second kappa shape index (κ2) is 11.5. The molecule has 0 unspecified atom stereocenters. The summed E-state index contributed by atoms with van der Waals surface area (Å²) in [6.45, 7) is 3.53.